The van der Waals surface area contributed by atoms with Gasteiger partial charge in [-0.15, -0.1) is 5.92 Å². The van der Waals surface area contributed by atoms with E-state index in [9.17, 15) is 10.2 Å². The standard InChI is InChI=1S/C5H7O2.CH4.Y/c1-3-4(6)2-5(3)7;;/h2-5H,1H3;1H4;/q-3;;. The molecule has 1 aliphatic carbocycles. The third kappa shape index (κ3) is 2.62. The van der Waals surface area contributed by atoms with Crippen LogP contribution in [0.1, 0.15) is 14.4 Å². The summed E-state index contributed by atoms with van der Waals surface area (Å²) in [6.45, 7) is 1.69. The minimum atomic E-state index is -0.678. The molecule has 9 heavy (non-hydrogen) atoms. The second kappa shape index (κ2) is 4.78. The van der Waals surface area contributed by atoms with E-state index in [1.165, 1.54) is 6.42 Å². The van der Waals surface area contributed by atoms with E-state index in [0.717, 1.165) is 0 Å². The molecule has 0 bridgehead atoms. The first kappa shape index (κ1) is 12.7. The zero-order valence-corrected chi connectivity index (χ0v) is 7.54. The molecule has 0 heterocycles. The van der Waals surface area contributed by atoms with Gasteiger partial charge < -0.3 is 16.6 Å². The van der Waals surface area contributed by atoms with Crippen molar-refractivity contribution >= 4 is 0 Å². The van der Waals surface area contributed by atoms with E-state index in [1.54, 1.807) is 6.92 Å². The molecule has 0 aromatic heterocycles. The molecule has 0 N–H and O–H groups in total. The Bertz CT molecular complexity index is 69.5. The molecule has 2 nitrogen and oxygen atoms in total. The fourth-order valence-corrected chi connectivity index (χ4v) is 0.579. The first-order chi connectivity index (χ1) is 3.22. The van der Waals surface area contributed by atoms with Crippen LogP contribution in [0, 0.1) is 12.3 Å². The Labute approximate surface area is 81.5 Å². The van der Waals surface area contributed by atoms with Gasteiger partial charge in [0.15, 0.2) is 0 Å². The van der Waals surface area contributed by atoms with Gasteiger partial charge >= 0.3 is 0 Å². The molecule has 0 aromatic rings. The van der Waals surface area contributed by atoms with Crippen LogP contribution in [0.4, 0.5) is 0 Å². The molecule has 2 atom stereocenters. The summed E-state index contributed by atoms with van der Waals surface area (Å²) in [5, 5.41) is 20.5. The summed E-state index contributed by atoms with van der Waals surface area (Å²) in [6, 6.07) is 0. The average Bonchev–Trinajstić information content (AvgIpc) is 1.68. The van der Waals surface area contributed by atoms with Gasteiger partial charge in [-0.1, -0.05) is 14.4 Å². The molecule has 1 rings (SSSR count). The zero-order valence-electron chi connectivity index (χ0n) is 4.70. The van der Waals surface area contributed by atoms with Crippen LogP contribution >= 0.6 is 0 Å². The van der Waals surface area contributed by atoms with Crippen LogP contribution in [-0.4, -0.2) is 12.2 Å². The van der Waals surface area contributed by atoms with Gasteiger partial charge in [0.2, 0.25) is 0 Å². The van der Waals surface area contributed by atoms with Crippen LogP contribution in [0.3, 0.4) is 0 Å². The summed E-state index contributed by atoms with van der Waals surface area (Å²) in [6.07, 6.45) is -0.0602. The van der Waals surface area contributed by atoms with E-state index in [-0.39, 0.29) is 46.1 Å². The predicted octanol–water partition coefficient (Wildman–Crippen LogP) is -1.07. The third-order valence-electron chi connectivity index (χ3n) is 1.42. The molecule has 3 heteroatoms. The van der Waals surface area contributed by atoms with E-state index < -0.39 is 12.2 Å². The predicted molar refractivity (Wildman–Crippen MR) is 27.8 cm³/mol. The maximum atomic E-state index is 10.3. The molecular weight excluding hydrogens is 193 g/mol. The molecule has 0 amide bonds. The summed E-state index contributed by atoms with van der Waals surface area (Å²) < 4.78 is 0. The van der Waals surface area contributed by atoms with Gasteiger partial charge in [0, 0.05) is 32.7 Å². The van der Waals surface area contributed by atoms with Crippen LogP contribution in [-0.2, 0) is 32.7 Å². The maximum Gasteiger partial charge on any atom is 0 e. The molecule has 0 spiro atoms. The Balaban J connectivity index is 0. The largest absolute Gasteiger partial charge is 0.876 e. The molecule has 0 aromatic carbocycles. The van der Waals surface area contributed by atoms with Crippen molar-refractivity contribution in [2.75, 3.05) is 0 Å². The summed E-state index contributed by atoms with van der Waals surface area (Å²) >= 11 is 0. The Morgan fingerprint density at radius 2 is 1.56 bits per heavy atom. The van der Waals surface area contributed by atoms with E-state index >= 15 is 0 Å². The van der Waals surface area contributed by atoms with Crippen molar-refractivity contribution in [1.82, 2.24) is 0 Å². The number of hydrogen-bond donors (Lipinski definition) is 0. The SMILES string of the molecule is C.CC1C([O-])[CH-]C1[O-].[Y]. The van der Waals surface area contributed by atoms with Crippen LogP contribution in [0.2, 0.25) is 0 Å². The molecule has 1 radical (unpaired) electrons. The smallest absolute Gasteiger partial charge is 0 e. The molecule has 1 fully saturated rings. The average molecular weight is 204 g/mol. The first-order valence-electron chi connectivity index (χ1n) is 2.38. The van der Waals surface area contributed by atoms with Crippen molar-refractivity contribution in [2.24, 2.45) is 5.92 Å². The Kier molecular flexibility index (Phi) is 6.73. The van der Waals surface area contributed by atoms with Gasteiger partial charge in [-0.25, -0.2) is 0 Å². The van der Waals surface area contributed by atoms with Crippen molar-refractivity contribution in [1.29, 1.82) is 0 Å². The summed E-state index contributed by atoms with van der Waals surface area (Å²) in [5.74, 6) is -0.167. The molecule has 2 unspecified atom stereocenters. The number of rotatable bonds is 0. The Morgan fingerprint density at radius 1 is 1.22 bits per heavy atom. The van der Waals surface area contributed by atoms with Crippen LogP contribution in [0.25, 0.3) is 0 Å². The van der Waals surface area contributed by atoms with Crippen molar-refractivity contribution in [3.05, 3.63) is 6.42 Å². The first-order valence-corrected chi connectivity index (χ1v) is 2.38. The molecule has 1 aliphatic rings. The third-order valence-corrected chi connectivity index (χ3v) is 1.42. The minimum absolute atomic E-state index is 0. The van der Waals surface area contributed by atoms with Crippen LogP contribution < -0.4 is 10.2 Å². The van der Waals surface area contributed by atoms with Gasteiger partial charge in [0.25, 0.3) is 0 Å². The van der Waals surface area contributed by atoms with Crippen molar-refractivity contribution in [2.45, 2.75) is 26.6 Å². The van der Waals surface area contributed by atoms with Gasteiger partial charge in [-0.3, -0.25) is 12.2 Å². The molecule has 53 valence electrons. The van der Waals surface area contributed by atoms with Gasteiger partial charge in [0.1, 0.15) is 0 Å². The molecule has 0 saturated heterocycles. The fourth-order valence-electron chi connectivity index (χ4n) is 0.579. The molecule has 1 saturated carbocycles. The quantitative estimate of drug-likeness (QED) is 0.472. The minimum Gasteiger partial charge on any atom is -0.876 e. The number of hydrogen-bond acceptors (Lipinski definition) is 2. The summed E-state index contributed by atoms with van der Waals surface area (Å²) in [7, 11) is 0. The second-order valence-corrected chi connectivity index (χ2v) is 1.98. The fraction of sp³-hybridized carbons (Fsp3) is 0.833. The van der Waals surface area contributed by atoms with Gasteiger partial charge in [-0.2, -0.15) is 0 Å². The van der Waals surface area contributed by atoms with Crippen molar-refractivity contribution in [3.8, 4) is 0 Å². The topological polar surface area (TPSA) is 46.1 Å². The van der Waals surface area contributed by atoms with E-state index in [2.05, 4.69) is 0 Å². The monoisotopic (exact) mass is 204 g/mol. The molecule has 0 aliphatic heterocycles. The Hall–Kier alpha value is 1.02. The van der Waals surface area contributed by atoms with E-state index in [1.807, 2.05) is 0 Å². The van der Waals surface area contributed by atoms with Crippen LogP contribution in [0.15, 0.2) is 0 Å². The van der Waals surface area contributed by atoms with E-state index in [0.29, 0.717) is 0 Å². The van der Waals surface area contributed by atoms with Crippen molar-refractivity contribution < 1.29 is 42.9 Å². The van der Waals surface area contributed by atoms with Crippen molar-refractivity contribution in [3.63, 3.8) is 0 Å². The summed E-state index contributed by atoms with van der Waals surface area (Å²) in [5.41, 5.74) is 0. The normalized spacial score (nSPS) is 39.7. The zero-order chi connectivity index (χ0) is 5.44. The van der Waals surface area contributed by atoms with Crippen LogP contribution in [0.5, 0.6) is 0 Å². The van der Waals surface area contributed by atoms with Gasteiger partial charge in [-0.05, 0) is 0 Å². The maximum absolute atomic E-state index is 10.3. The van der Waals surface area contributed by atoms with Gasteiger partial charge in [0.05, 0.1) is 0 Å². The summed E-state index contributed by atoms with van der Waals surface area (Å²) in [4.78, 5) is 0. The van der Waals surface area contributed by atoms with E-state index in [4.69, 9.17) is 0 Å². The molecular formula is C6H11O2Y-3. The second-order valence-electron chi connectivity index (χ2n) is 1.98. The Morgan fingerprint density at radius 3 is 1.56 bits per heavy atom.